The lowest BCUT2D eigenvalue weighted by molar-refractivity contribution is -0.122. The third kappa shape index (κ3) is 4.99. The van der Waals surface area contributed by atoms with Gasteiger partial charge < -0.3 is 9.32 Å². The molecule has 1 aliphatic rings. The van der Waals surface area contributed by atoms with Crippen molar-refractivity contribution in [2.24, 2.45) is 0 Å². The molecule has 0 aliphatic carbocycles. The Morgan fingerprint density at radius 1 is 1.11 bits per heavy atom. The molecule has 0 radical (unpaired) electrons. The number of aromatic nitrogens is 2. The van der Waals surface area contributed by atoms with Crippen LogP contribution in [0.4, 0.5) is 10.3 Å². The minimum Gasteiger partial charge on any atom is -0.443 e. The Morgan fingerprint density at radius 3 is 2.59 bits per heavy atom. The van der Waals surface area contributed by atoms with Crippen molar-refractivity contribution < 1.29 is 22.0 Å². The molecule has 0 saturated carbocycles. The van der Waals surface area contributed by atoms with Crippen molar-refractivity contribution in [3.8, 4) is 11.1 Å². The first-order valence-electron chi connectivity index (χ1n) is 12.1. The molecule has 0 bridgehead atoms. The lowest BCUT2D eigenvalue weighted by Crippen LogP contribution is -2.40. The minimum atomic E-state index is -3.98. The number of halogens is 1. The van der Waals surface area contributed by atoms with Gasteiger partial charge >= 0.3 is 0 Å². The van der Waals surface area contributed by atoms with Crippen molar-refractivity contribution in [3.63, 3.8) is 0 Å². The Labute approximate surface area is 214 Å². The number of ketones is 1. The molecule has 2 aromatic heterocycles. The topological polar surface area (TPSA) is 96.6 Å². The van der Waals surface area contributed by atoms with E-state index >= 15 is 0 Å². The van der Waals surface area contributed by atoms with E-state index in [2.05, 4.69) is 9.97 Å². The molecule has 0 N–H and O–H groups in total. The zero-order chi connectivity index (χ0) is 26.2. The number of carbonyl (C=O) groups excluding carboxylic acids is 1. The van der Waals surface area contributed by atoms with E-state index < -0.39 is 21.9 Å². The van der Waals surface area contributed by atoms with Gasteiger partial charge in [0.05, 0.1) is 6.04 Å². The summed E-state index contributed by atoms with van der Waals surface area (Å²) in [5, 5.41) is 0.509. The zero-order valence-corrected chi connectivity index (χ0v) is 21.4. The number of nitrogens with zero attached hydrogens (tertiary/aromatic N) is 4. The molecule has 1 unspecified atom stereocenters. The largest absolute Gasteiger partial charge is 0.443 e. The second-order valence-electron chi connectivity index (χ2n) is 9.32. The molecule has 2 aromatic carbocycles. The van der Waals surface area contributed by atoms with Gasteiger partial charge in [-0.15, -0.1) is 0 Å². The molecular weight excluding hydrogens is 495 g/mol. The maximum atomic E-state index is 14.6. The molecule has 5 rings (SSSR count). The number of Topliss-reactive ketones (excluding diaryl/α,β-unsaturated/α-hetero) is 1. The molecule has 1 atom stereocenters. The Hall–Kier alpha value is -3.63. The number of hydrogen-bond donors (Lipinski definition) is 0. The third-order valence-electron chi connectivity index (χ3n) is 6.60. The predicted molar refractivity (Wildman–Crippen MR) is 138 cm³/mol. The van der Waals surface area contributed by atoms with Crippen LogP contribution >= 0.6 is 0 Å². The number of rotatable bonds is 8. The van der Waals surface area contributed by atoms with Crippen molar-refractivity contribution in [1.29, 1.82) is 0 Å². The SMILES string of the molecule is CN(C)c1ncc(-c2ccc(F)c(CCC(=O)C3CCCN3S(=O)(=O)c3cc4ccccc4o3)c2)cn1. The lowest BCUT2D eigenvalue weighted by Gasteiger charge is -2.22. The number of para-hydroxylation sites is 1. The number of aryl methyl sites for hydroxylation is 1. The van der Waals surface area contributed by atoms with Gasteiger partial charge in [0.2, 0.25) is 11.0 Å². The summed E-state index contributed by atoms with van der Waals surface area (Å²) < 4.78 is 48.1. The van der Waals surface area contributed by atoms with Crippen molar-refractivity contribution in [2.75, 3.05) is 25.5 Å². The van der Waals surface area contributed by atoms with Gasteiger partial charge in [-0.3, -0.25) is 4.79 Å². The van der Waals surface area contributed by atoms with Crippen LogP contribution in [0.15, 0.2) is 70.4 Å². The van der Waals surface area contributed by atoms with E-state index in [1.54, 1.807) is 53.7 Å². The predicted octanol–water partition coefficient (Wildman–Crippen LogP) is 4.45. The molecule has 37 heavy (non-hydrogen) atoms. The average molecular weight is 523 g/mol. The molecular formula is C27H27FN4O4S. The van der Waals surface area contributed by atoms with Gasteiger partial charge in [0, 0.05) is 56.5 Å². The number of anilines is 1. The van der Waals surface area contributed by atoms with E-state index in [4.69, 9.17) is 4.42 Å². The van der Waals surface area contributed by atoms with Crippen molar-refractivity contribution in [1.82, 2.24) is 14.3 Å². The summed E-state index contributed by atoms with van der Waals surface area (Å²) in [4.78, 5) is 23.5. The van der Waals surface area contributed by atoms with Crippen LogP contribution in [0.1, 0.15) is 24.8 Å². The van der Waals surface area contributed by atoms with E-state index in [1.165, 1.54) is 16.4 Å². The summed E-state index contributed by atoms with van der Waals surface area (Å²) in [6.07, 6.45) is 4.52. The highest BCUT2D eigenvalue weighted by Crippen LogP contribution is 2.31. The average Bonchev–Trinajstić information content (AvgIpc) is 3.57. The van der Waals surface area contributed by atoms with Crippen LogP contribution < -0.4 is 4.90 Å². The molecule has 4 aromatic rings. The maximum Gasteiger partial charge on any atom is 0.277 e. The first kappa shape index (κ1) is 25.0. The van der Waals surface area contributed by atoms with E-state index in [-0.39, 0.29) is 30.3 Å². The fraction of sp³-hybridized carbons (Fsp3) is 0.296. The number of hydrogen-bond acceptors (Lipinski definition) is 7. The van der Waals surface area contributed by atoms with Crippen LogP contribution in [0.25, 0.3) is 22.1 Å². The summed E-state index contributed by atoms with van der Waals surface area (Å²) in [5.74, 6) is -0.0865. The van der Waals surface area contributed by atoms with Crippen LogP contribution in [-0.4, -0.2) is 55.2 Å². The normalized spacial score (nSPS) is 16.4. The van der Waals surface area contributed by atoms with Crippen LogP contribution in [0.3, 0.4) is 0 Å². The smallest absolute Gasteiger partial charge is 0.277 e. The second kappa shape index (κ2) is 10.0. The van der Waals surface area contributed by atoms with Gasteiger partial charge in [0.1, 0.15) is 11.4 Å². The molecule has 0 amide bonds. The van der Waals surface area contributed by atoms with Crippen LogP contribution in [0, 0.1) is 5.82 Å². The van der Waals surface area contributed by atoms with Gasteiger partial charge in [0.25, 0.3) is 10.0 Å². The summed E-state index contributed by atoms with van der Waals surface area (Å²) >= 11 is 0. The molecule has 0 spiro atoms. The van der Waals surface area contributed by atoms with Crippen molar-refractivity contribution >= 4 is 32.7 Å². The van der Waals surface area contributed by atoms with E-state index in [9.17, 15) is 17.6 Å². The van der Waals surface area contributed by atoms with Crippen molar-refractivity contribution in [2.45, 2.75) is 36.8 Å². The maximum absolute atomic E-state index is 14.6. The van der Waals surface area contributed by atoms with E-state index in [0.29, 0.717) is 35.3 Å². The Bertz CT molecular complexity index is 1520. The standard InChI is InChI=1S/C27H27FN4O4S/c1-31(2)27-29-16-21(17-30-27)18-9-11-22(28)19(14-18)10-12-24(33)23-7-5-13-32(23)37(34,35)26-15-20-6-3-4-8-25(20)36-26/h3-4,6,8-9,11,14-17,23H,5,7,10,12-13H2,1-2H3. The molecule has 3 heterocycles. The Balaban J connectivity index is 1.31. The number of carbonyl (C=O) groups is 1. The zero-order valence-electron chi connectivity index (χ0n) is 20.6. The quantitative estimate of drug-likeness (QED) is 0.337. The minimum absolute atomic E-state index is 0.0211. The van der Waals surface area contributed by atoms with Gasteiger partial charge in [-0.1, -0.05) is 24.3 Å². The highest BCUT2D eigenvalue weighted by Gasteiger charge is 2.40. The molecule has 192 valence electrons. The van der Waals surface area contributed by atoms with E-state index in [0.717, 1.165) is 11.1 Å². The first-order chi connectivity index (χ1) is 17.7. The molecule has 8 nitrogen and oxygen atoms in total. The second-order valence-corrected chi connectivity index (χ2v) is 11.1. The summed E-state index contributed by atoms with van der Waals surface area (Å²) in [6.45, 7) is 0.239. The highest BCUT2D eigenvalue weighted by atomic mass is 32.2. The first-order valence-corrected chi connectivity index (χ1v) is 13.5. The summed E-state index contributed by atoms with van der Waals surface area (Å²) in [6, 6.07) is 12.4. The van der Waals surface area contributed by atoms with Gasteiger partial charge in [-0.25, -0.2) is 22.8 Å². The molecule has 10 heteroatoms. The van der Waals surface area contributed by atoms with Crippen LogP contribution in [-0.2, 0) is 21.2 Å². The highest BCUT2D eigenvalue weighted by molar-refractivity contribution is 7.89. The third-order valence-corrected chi connectivity index (χ3v) is 8.36. The monoisotopic (exact) mass is 522 g/mol. The van der Waals surface area contributed by atoms with Gasteiger partial charge in [-0.05, 0) is 48.6 Å². The number of benzene rings is 2. The molecule has 1 aliphatic heterocycles. The fourth-order valence-corrected chi connectivity index (χ4v) is 6.25. The fourth-order valence-electron chi connectivity index (χ4n) is 4.62. The molecule has 1 saturated heterocycles. The van der Waals surface area contributed by atoms with Crippen LogP contribution in [0.5, 0.6) is 0 Å². The number of sulfonamides is 1. The Morgan fingerprint density at radius 2 is 1.86 bits per heavy atom. The number of furan rings is 1. The summed E-state index contributed by atoms with van der Waals surface area (Å²) in [5.41, 5.74) is 2.33. The van der Waals surface area contributed by atoms with Crippen LogP contribution in [0.2, 0.25) is 0 Å². The summed E-state index contributed by atoms with van der Waals surface area (Å²) in [7, 11) is -0.299. The molecule has 1 fully saturated rings. The van der Waals surface area contributed by atoms with Gasteiger partial charge in [-0.2, -0.15) is 4.31 Å². The number of fused-ring (bicyclic) bond motifs is 1. The van der Waals surface area contributed by atoms with E-state index in [1.807, 2.05) is 14.1 Å². The Kier molecular flexibility index (Phi) is 6.78. The van der Waals surface area contributed by atoms with Crippen molar-refractivity contribution in [3.05, 3.63) is 72.3 Å². The lowest BCUT2D eigenvalue weighted by atomic mass is 9.99. The van der Waals surface area contributed by atoms with Gasteiger partial charge in [0.15, 0.2) is 5.78 Å².